The standard InChI is InChI=1S/C23H25Cl2N3O3/c1-4-12-31-21-18(25)13-16(14-19(21)30-5-2)23(29)27-20(22-26-10-11-28(22)3)15-6-8-17(24)9-7-15/h6-11,13-14,20H,4-5,12H2,1-3H3,(H,27,29). The first-order valence-corrected chi connectivity index (χ1v) is 10.8. The topological polar surface area (TPSA) is 65.4 Å². The Morgan fingerprint density at radius 3 is 2.52 bits per heavy atom. The van der Waals surface area contributed by atoms with Gasteiger partial charge in [-0.25, -0.2) is 4.98 Å². The SMILES string of the molecule is CCCOc1c(Cl)cc(C(=O)NC(c2ccc(Cl)cc2)c2nccn2C)cc1OCC. The molecule has 0 spiro atoms. The van der Waals surface area contributed by atoms with Gasteiger partial charge in [-0.2, -0.15) is 0 Å². The summed E-state index contributed by atoms with van der Waals surface area (Å²) in [6.45, 7) is 4.79. The van der Waals surface area contributed by atoms with E-state index in [4.69, 9.17) is 32.7 Å². The molecule has 1 atom stereocenters. The Labute approximate surface area is 192 Å². The number of ether oxygens (including phenoxy) is 2. The molecular weight excluding hydrogens is 437 g/mol. The van der Waals surface area contributed by atoms with E-state index in [9.17, 15) is 4.79 Å². The molecule has 3 aromatic rings. The molecule has 0 radical (unpaired) electrons. The Morgan fingerprint density at radius 1 is 1.16 bits per heavy atom. The first kappa shape index (κ1) is 23.0. The predicted molar refractivity (Wildman–Crippen MR) is 122 cm³/mol. The highest BCUT2D eigenvalue weighted by Gasteiger charge is 2.23. The maximum Gasteiger partial charge on any atom is 0.252 e. The van der Waals surface area contributed by atoms with Crippen LogP contribution in [0, 0.1) is 0 Å². The van der Waals surface area contributed by atoms with Crippen molar-refractivity contribution < 1.29 is 14.3 Å². The smallest absolute Gasteiger partial charge is 0.252 e. The molecule has 1 aromatic heterocycles. The quantitative estimate of drug-likeness (QED) is 0.460. The van der Waals surface area contributed by atoms with Crippen LogP contribution in [0.15, 0.2) is 48.8 Å². The number of carbonyl (C=O) groups is 1. The van der Waals surface area contributed by atoms with Gasteiger partial charge in [-0.05, 0) is 43.2 Å². The molecule has 1 unspecified atom stereocenters. The highest BCUT2D eigenvalue weighted by atomic mass is 35.5. The van der Waals surface area contributed by atoms with Gasteiger partial charge >= 0.3 is 0 Å². The van der Waals surface area contributed by atoms with Gasteiger partial charge in [0.1, 0.15) is 11.9 Å². The largest absolute Gasteiger partial charge is 0.490 e. The molecule has 1 heterocycles. The van der Waals surface area contributed by atoms with Crippen LogP contribution in [-0.2, 0) is 7.05 Å². The molecule has 0 bridgehead atoms. The predicted octanol–water partition coefficient (Wildman–Crippen LogP) is 5.43. The molecule has 8 heteroatoms. The van der Waals surface area contributed by atoms with E-state index >= 15 is 0 Å². The second kappa shape index (κ2) is 10.6. The number of aryl methyl sites for hydroxylation is 1. The number of halogens is 2. The molecule has 0 saturated heterocycles. The van der Waals surface area contributed by atoms with Crippen LogP contribution in [0.4, 0.5) is 0 Å². The van der Waals surface area contributed by atoms with Gasteiger partial charge in [0.25, 0.3) is 5.91 Å². The Morgan fingerprint density at radius 2 is 1.90 bits per heavy atom. The Bertz CT molecular complexity index is 1040. The molecular formula is C23H25Cl2N3O3. The van der Waals surface area contributed by atoms with Crippen LogP contribution < -0.4 is 14.8 Å². The molecule has 0 aliphatic rings. The fourth-order valence-electron chi connectivity index (χ4n) is 3.13. The van der Waals surface area contributed by atoms with Crippen LogP contribution in [0.5, 0.6) is 11.5 Å². The van der Waals surface area contributed by atoms with Crippen LogP contribution in [0.3, 0.4) is 0 Å². The van der Waals surface area contributed by atoms with Crippen LogP contribution >= 0.6 is 23.2 Å². The number of hydrogen-bond donors (Lipinski definition) is 1. The van der Waals surface area contributed by atoms with Gasteiger partial charge in [0.05, 0.1) is 18.2 Å². The van der Waals surface area contributed by atoms with Crippen molar-refractivity contribution in [3.8, 4) is 11.5 Å². The molecule has 6 nitrogen and oxygen atoms in total. The highest BCUT2D eigenvalue weighted by molar-refractivity contribution is 6.32. The number of imidazole rings is 1. The first-order valence-electron chi connectivity index (χ1n) is 10.1. The Hall–Kier alpha value is -2.70. The number of amides is 1. The molecule has 1 amide bonds. The van der Waals surface area contributed by atoms with Crippen molar-refractivity contribution in [2.45, 2.75) is 26.3 Å². The van der Waals surface area contributed by atoms with E-state index in [1.165, 1.54) is 0 Å². The molecule has 31 heavy (non-hydrogen) atoms. The fraction of sp³-hybridized carbons (Fsp3) is 0.304. The minimum atomic E-state index is -0.477. The van der Waals surface area contributed by atoms with Crippen LogP contribution in [0.2, 0.25) is 10.0 Å². The molecule has 164 valence electrons. The van der Waals surface area contributed by atoms with Gasteiger partial charge in [0, 0.05) is 30.0 Å². The molecule has 2 aromatic carbocycles. The monoisotopic (exact) mass is 461 g/mol. The zero-order valence-electron chi connectivity index (χ0n) is 17.7. The van der Waals surface area contributed by atoms with Crippen LogP contribution in [0.25, 0.3) is 0 Å². The average Bonchev–Trinajstić information content (AvgIpc) is 3.17. The molecule has 3 rings (SSSR count). The first-order chi connectivity index (χ1) is 14.9. The second-order valence-electron chi connectivity index (χ2n) is 6.92. The number of nitrogens with one attached hydrogen (secondary N) is 1. The van der Waals surface area contributed by atoms with Gasteiger partial charge in [-0.15, -0.1) is 0 Å². The van der Waals surface area contributed by atoms with Crippen molar-refractivity contribution in [2.24, 2.45) is 7.05 Å². The third kappa shape index (κ3) is 5.51. The van der Waals surface area contributed by atoms with E-state index in [-0.39, 0.29) is 5.91 Å². The summed E-state index contributed by atoms with van der Waals surface area (Å²) in [6.07, 6.45) is 4.35. The summed E-state index contributed by atoms with van der Waals surface area (Å²) in [7, 11) is 1.88. The average molecular weight is 462 g/mol. The van der Waals surface area contributed by atoms with Crippen molar-refractivity contribution in [3.63, 3.8) is 0 Å². The summed E-state index contributed by atoms with van der Waals surface area (Å²) in [6, 6.07) is 10.0. The highest BCUT2D eigenvalue weighted by Crippen LogP contribution is 2.37. The summed E-state index contributed by atoms with van der Waals surface area (Å²) >= 11 is 12.5. The molecule has 0 saturated carbocycles. The summed E-state index contributed by atoms with van der Waals surface area (Å²) < 4.78 is 13.3. The van der Waals surface area contributed by atoms with Gasteiger partial charge in [0.2, 0.25) is 0 Å². The normalized spacial score (nSPS) is 11.8. The van der Waals surface area contributed by atoms with Gasteiger partial charge in [0.15, 0.2) is 11.5 Å². The van der Waals surface area contributed by atoms with E-state index in [1.54, 1.807) is 30.5 Å². The van der Waals surface area contributed by atoms with Crippen LogP contribution in [0.1, 0.15) is 48.1 Å². The minimum absolute atomic E-state index is 0.312. The van der Waals surface area contributed by atoms with Gasteiger partial charge in [-0.1, -0.05) is 42.3 Å². The van der Waals surface area contributed by atoms with Crippen LogP contribution in [-0.4, -0.2) is 28.7 Å². The molecule has 0 fully saturated rings. The molecule has 1 N–H and O–H groups in total. The minimum Gasteiger partial charge on any atom is -0.490 e. The summed E-state index contributed by atoms with van der Waals surface area (Å²) in [5.74, 6) is 1.26. The summed E-state index contributed by atoms with van der Waals surface area (Å²) in [5.41, 5.74) is 1.22. The van der Waals surface area contributed by atoms with E-state index < -0.39 is 6.04 Å². The summed E-state index contributed by atoms with van der Waals surface area (Å²) in [5, 5.41) is 3.99. The maximum absolute atomic E-state index is 13.2. The van der Waals surface area contributed by atoms with Crippen molar-refractivity contribution in [1.82, 2.24) is 14.9 Å². The number of aromatic nitrogens is 2. The Kier molecular flexibility index (Phi) is 7.82. The number of hydrogen-bond acceptors (Lipinski definition) is 4. The fourth-order valence-corrected chi connectivity index (χ4v) is 3.52. The number of carbonyl (C=O) groups excluding carboxylic acids is 1. The lowest BCUT2D eigenvalue weighted by molar-refractivity contribution is 0.0940. The molecule has 0 aliphatic carbocycles. The second-order valence-corrected chi connectivity index (χ2v) is 7.76. The third-order valence-electron chi connectivity index (χ3n) is 4.62. The van der Waals surface area contributed by atoms with E-state index in [1.807, 2.05) is 43.8 Å². The van der Waals surface area contributed by atoms with Gasteiger partial charge in [-0.3, -0.25) is 4.79 Å². The lowest BCUT2D eigenvalue weighted by Crippen LogP contribution is -2.31. The van der Waals surface area contributed by atoms with E-state index in [2.05, 4.69) is 10.3 Å². The third-order valence-corrected chi connectivity index (χ3v) is 5.15. The maximum atomic E-state index is 13.2. The summed E-state index contributed by atoms with van der Waals surface area (Å²) in [4.78, 5) is 17.6. The zero-order chi connectivity index (χ0) is 22.4. The van der Waals surface area contributed by atoms with Crippen molar-refractivity contribution in [2.75, 3.05) is 13.2 Å². The number of rotatable bonds is 9. The van der Waals surface area contributed by atoms with Crippen molar-refractivity contribution in [3.05, 3.63) is 75.8 Å². The number of benzene rings is 2. The van der Waals surface area contributed by atoms with Crippen molar-refractivity contribution >= 4 is 29.1 Å². The Balaban J connectivity index is 1.94. The lowest BCUT2D eigenvalue weighted by atomic mass is 10.1. The zero-order valence-corrected chi connectivity index (χ0v) is 19.2. The molecule has 0 aliphatic heterocycles. The lowest BCUT2D eigenvalue weighted by Gasteiger charge is -2.20. The van der Waals surface area contributed by atoms with E-state index in [0.717, 1.165) is 12.0 Å². The van der Waals surface area contributed by atoms with E-state index in [0.29, 0.717) is 46.1 Å². The van der Waals surface area contributed by atoms with Crippen molar-refractivity contribution in [1.29, 1.82) is 0 Å². The number of nitrogens with zero attached hydrogens (tertiary/aromatic N) is 2. The van der Waals surface area contributed by atoms with Gasteiger partial charge < -0.3 is 19.4 Å².